The SMILES string of the molecule is CCN(CC)[Si](c1ccccc1)(c1ccccc1)N(C)C. The molecule has 0 aliphatic rings. The first-order valence-electron chi connectivity index (χ1n) is 7.71. The minimum Gasteiger partial charge on any atom is -0.310 e. The van der Waals surface area contributed by atoms with E-state index in [1.54, 1.807) is 0 Å². The molecular formula is C18H26N2Si. The second-order valence-corrected chi connectivity index (χ2v) is 9.50. The molecule has 0 aromatic heterocycles. The van der Waals surface area contributed by atoms with Crippen LogP contribution >= 0.6 is 0 Å². The van der Waals surface area contributed by atoms with Gasteiger partial charge in [-0.25, -0.2) is 0 Å². The molecule has 0 unspecified atom stereocenters. The predicted octanol–water partition coefficient (Wildman–Crippen LogP) is 2.15. The average molecular weight is 299 g/mol. The van der Waals surface area contributed by atoms with Gasteiger partial charge in [-0.1, -0.05) is 74.5 Å². The molecule has 0 N–H and O–H groups in total. The van der Waals surface area contributed by atoms with E-state index in [1.165, 1.54) is 10.4 Å². The van der Waals surface area contributed by atoms with Crippen molar-refractivity contribution in [3.05, 3.63) is 60.7 Å². The van der Waals surface area contributed by atoms with E-state index in [9.17, 15) is 0 Å². The summed E-state index contributed by atoms with van der Waals surface area (Å²) in [6, 6.07) is 22.0. The summed E-state index contributed by atoms with van der Waals surface area (Å²) in [4.78, 5) is 0. The van der Waals surface area contributed by atoms with Crippen LogP contribution in [0.5, 0.6) is 0 Å². The van der Waals surface area contributed by atoms with E-state index in [0.29, 0.717) is 0 Å². The third-order valence-corrected chi connectivity index (χ3v) is 9.34. The van der Waals surface area contributed by atoms with Crippen molar-refractivity contribution in [1.82, 2.24) is 9.13 Å². The summed E-state index contributed by atoms with van der Waals surface area (Å²) in [6.07, 6.45) is 0. The standard InChI is InChI=1S/C18H26N2Si/c1-5-20(6-2)21(19(3)4,17-13-9-7-10-14-17)18-15-11-8-12-16-18/h7-16H,5-6H2,1-4H3. The molecule has 0 radical (unpaired) electrons. The average Bonchev–Trinajstić information content (AvgIpc) is 2.53. The highest BCUT2D eigenvalue weighted by Gasteiger charge is 2.45. The van der Waals surface area contributed by atoms with Crippen LogP contribution in [0.25, 0.3) is 0 Å². The molecule has 3 heteroatoms. The van der Waals surface area contributed by atoms with E-state index in [-0.39, 0.29) is 0 Å². The number of nitrogens with zero attached hydrogens (tertiary/aromatic N) is 2. The van der Waals surface area contributed by atoms with Gasteiger partial charge in [-0.05, 0) is 37.6 Å². The molecule has 0 aliphatic heterocycles. The van der Waals surface area contributed by atoms with E-state index in [1.807, 2.05) is 0 Å². The first kappa shape index (κ1) is 16.0. The first-order valence-corrected chi connectivity index (χ1v) is 9.60. The molecule has 0 atom stereocenters. The first-order chi connectivity index (χ1) is 10.2. The van der Waals surface area contributed by atoms with E-state index < -0.39 is 8.40 Å². The monoisotopic (exact) mass is 298 g/mol. The van der Waals surface area contributed by atoms with Crippen molar-refractivity contribution >= 4 is 18.8 Å². The van der Waals surface area contributed by atoms with Crippen LogP contribution in [0.3, 0.4) is 0 Å². The van der Waals surface area contributed by atoms with Crippen molar-refractivity contribution < 1.29 is 0 Å². The fourth-order valence-electron chi connectivity index (χ4n) is 3.35. The Labute approximate surface area is 130 Å². The summed E-state index contributed by atoms with van der Waals surface area (Å²) in [5.41, 5.74) is 0. The van der Waals surface area contributed by atoms with E-state index in [4.69, 9.17) is 0 Å². The summed E-state index contributed by atoms with van der Waals surface area (Å²) in [6.45, 7) is 6.65. The van der Waals surface area contributed by atoms with Crippen molar-refractivity contribution in [2.24, 2.45) is 0 Å². The molecule has 2 rings (SSSR count). The van der Waals surface area contributed by atoms with Gasteiger partial charge in [0.05, 0.1) is 0 Å². The van der Waals surface area contributed by atoms with E-state index in [2.05, 4.69) is 97.7 Å². The largest absolute Gasteiger partial charge is 0.310 e. The highest BCUT2D eigenvalue weighted by molar-refractivity contribution is 6.97. The lowest BCUT2D eigenvalue weighted by molar-refractivity contribution is 0.419. The van der Waals surface area contributed by atoms with Gasteiger partial charge < -0.3 is 9.13 Å². The maximum atomic E-state index is 2.65. The Morgan fingerprint density at radius 3 is 1.38 bits per heavy atom. The minimum atomic E-state index is -2.09. The molecule has 0 bridgehead atoms. The lowest BCUT2D eigenvalue weighted by Gasteiger charge is -2.46. The van der Waals surface area contributed by atoms with Crippen molar-refractivity contribution in [2.75, 3.05) is 27.2 Å². The highest BCUT2D eigenvalue weighted by Crippen LogP contribution is 2.14. The second-order valence-electron chi connectivity index (χ2n) is 5.47. The third kappa shape index (κ3) is 2.82. The Morgan fingerprint density at radius 2 is 1.10 bits per heavy atom. The van der Waals surface area contributed by atoms with Crippen LogP contribution < -0.4 is 10.4 Å². The molecule has 2 aromatic carbocycles. The van der Waals surface area contributed by atoms with Gasteiger partial charge in [0, 0.05) is 0 Å². The van der Waals surface area contributed by atoms with Crippen LogP contribution in [0.2, 0.25) is 0 Å². The number of benzene rings is 2. The molecule has 0 saturated heterocycles. The minimum absolute atomic E-state index is 1.06. The van der Waals surface area contributed by atoms with Crippen LogP contribution in [0.4, 0.5) is 0 Å². The molecule has 21 heavy (non-hydrogen) atoms. The van der Waals surface area contributed by atoms with E-state index in [0.717, 1.165) is 13.1 Å². The Kier molecular flexibility index (Phi) is 5.34. The maximum absolute atomic E-state index is 2.65. The molecule has 2 nitrogen and oxygen atoms in total. The lowest BCUT2D eigenvalue weighted by atomic mass is 10.4. The maximum Gasteiger partial charge on any atom is 0.272 e. The van der Waals surface area contributed by atoms with Crippen LogP contribution in [0.15, 0.2) is 60.7 Å². The quantitative estimate of drug-likeness (QED) is 0.754. The summed E-state index contributed by atoms with van der Waals surface area (Å²) < 4.78 is 5.11. The predicted molar refractivity (Wildman–Crippen MR) is 94.5 cm³/mol. The zero-order valence-electron chi connectivity index (χ0n) is 13.6. The molecule has 112 valence electrons. The van der Waals surface area contributed by atoms with Crippen molar-refractivity contribution in [3.8, 4) is 0 Å². The molecule has 0 spiro atoms. The number of rotatable bonds is 6. The van der Waals surface area contributed by atoms with Gasteiger partial charge >= 0.3 is 0 Å². The fourth-order valence-corrected chi connectivity index (χ4v) is 8.25. The summed E-state index contributed by atoms with van der Waals surface area (Å²) >= 11 is 0. The van der Waals surface area contributed by atoms with Gasteiger partial charge in [0.25, 0.3) is 8.40 Å². The zero-order valence-corrected chi connectivity index (χ0v) is 14.6. The van der Waals surface area contributed by atoms with Gasteiger partial charge in [0.15, 0.2) is 0 Å². The molecule has 0 heterocycles. The Morgan fingerprint density at radius 1 is 0.714 bits per heavy atom. The van der Waals surface area contributed by atoms with Gasteiger partial charge in [0.1, 0.15) is 0 Å². The Balaban J connectivity index is 2.72. The molecular weight excluding hydrogens is 272 g/mol. The van der Waals surface area contributed by atoms with E-state index >= 15 is 0 Å². The molecule has 0 aliphatic carbocycles. The molecule has 2 aromatic rings. The highest BCUT2D eigenvalue weighted by atomic mass is 28.3. The van der Waals surface area contributed by atoms with Crippen molar-refractivity contribution in [3.63, 3.8) is 0 Å². The normalized spacial score (nSPS) is 12.1. The second kappa shape index (κ2) is 7.03. The summed E-state index contributed by atoms with van der Waals surface area (Å²) in [5.74, 6) is 0. The van der Waals surface area contributed by atoms with Gasteiger partial charge in [-0.3, -0.25) is 0 Å². The third-order valence-electron chi connectivity index (χ3n) is 4.22. The Hall–Kier alpha value is -1.42. The molecule has 0 amide bonds. The van der Waals surface area contributed by atoms with Crippen LogP contribution in [0, 0.1) is 0 Å². The van der Waals surface area contributed by atoms with Gasteiger partial charge in [0.2, 0.25) is 0 Å². The molecule has 0 fully saturated rings. The van der Waals surface area contributed by atoms with Gasteiger partial charge in [-0.15, -0.1) is 0 Å². The Bertz CT molecular complexity index is 496. The smallest absolute Gasteiger partial charge is 0.272 e. The number of hydrogen-bond donors (Lipinski definition) is 0. The van der Waals surface area contributed by atoms with Crippen LogP contribution in [0.1, 0.15) is 13.8 Å². The fraction of sp³-hybridized carbons (Fsp3) is 0.333. The molecule has 0 saturated carbocycles. The van der Waals surface area contributed by atoms with Crippen molar-refractivity contribution in [1.29, 1.82) is 0 Å². The summed E-state index contributed by atoms with van der Waals surface area (Å²) in [7, 11) is 2.37. The van der Waals surface area contributed by atoms with Gasteiger partial charge in [-0.2, -0.15) is 0 Å². The lowest BCUT2D eigenvalue weighted by Crippen LogP contribution is -2.77. The van der Waals surface area contributed by atoms with Crippen molar-refractivity contribution in [2.45, 2.75) is 13.8 Å². The topological polar surface area (TPSA) is 6.48 Å². The zero-order chi connectivity index (χ0) is 15.3. The van der Waals surface area contributed by atoms with Crippen LogP contribution in [-0.4, -0.2) is 44.7 Å². The summed E-state index contributed by atoms with van der Waals surface area (Å²) in [5, 5.41) is 2.90. The van der Waals surface area contributed by atoms with Crippen LogP contribution in [-0.2, 0) is 0 Å². The number of hydrogen-bond acceptors (Lipinski definition) is 2.